The van der Waals surface area contributed by atoms with Gasteiger partial charge >= 0.3 is 0 Å². The van der Waals surface area contributed by atoms with Crippen molar-refractivity contribution in [2.45, 2.75) is 0 Å². The molecule has 0 N–H and O–H groups in total. The summed E-state index contributed by atoms with van der Waals surface area (Å²) in [6, 6.07) is 75.7. The van der Waals surface area contributed by atoms with Crippen molar-refractivity contribution in [3.63, 3.8) is 0 Å². The maximum atomic E-state index is 6.17. The first-order valence-electron chi connectivity index (χ1n) is 22.6. The minimum Gasteiger partial charge on any atom is -0.456 e. The van der Waals surface area contributed by atoms with Gasteiger partial charge in [-0.25, -0.2) is 9.97 Å². The molecule has 5 aromatic heterocycles. The van der Waals surface area contributed by atoms with Crippen LogP contribution in [0.15, 0.2) is 229 Å². The second kappa shape index (κ2) is 14.7. The van der Waals surface area contributed by atoms with Crippen LogP contribution in [0.3, 0.4) is 0 Å². The monoisotopic (exact) mass is 855 g/mol. The van der Waals surface area contributed by atoms with Crippen LogP contribution in [0.4, 0.5) is 0 Å². The molecule has 9 aromatic carbocycles. The molecule has 0 fully saturated rings. The van der Waals surface area contributed by atoms with Crippen LogP contribution in [-0.4, -0.2) is 24.1 Å². The summed E-state index contributed by atoms with van der Waals surface area (Å²) in [5, 5.41) is 9.20. The Labute approximate surface area is 384 Å². The zero-order valence-corrected chi connectivity index (χ0v) is 36.0. The number of benzene rings is 9. The molecule has 0 aliphatic heterocycles. The zero-order chi connectivity index (χ0) is 44.0. The Balaban J connectivity index is 0.851. The lowest BCUT2D eigenvalue weighted by atomic mass is 9.96. The van der Waals surface area contributed by atoms with Gasteiger partial charge < -0.3 is 8.98 Å². The van der Waals surface area contributed by atoms with Crippen LogP contribution in [-0.2, 0) is 0 Å². The second-order valence-corrected chi connectivity index (χ2v) is 17.3. The summed E-state index contributed by atoms with van der Waals surface area (Å²) < 4.78 is 10.8. The summed E-state index contributed by atoms with van der Waals surface area (Å²) >= 11 is 0. The van der Waals surface area contributed by atoms with Crippen LogP contribution in [0.5, 0.6) is 0 Å². The standard InChI is InChI=1S/C61H37N5O/c1-3-11-38(12-4-1)53-36-54(39-13-5-2-6-14-39)64-61(63-53)66-56-18-10-8-16-48(56)50-33-44(24-27-57(50)66)42-21-19-41-32-43(22-20-40(41)31-42)45-23-26-49-47-15-7-9-17-55(47)65(58(49)34-45)46-25-28-59-51(35-46)52-37-62-30-29-60(52)67-59/h1-37H. The average molecular weight is 856 g/mol. The Bertz CT molecular complexity index is 4220. The fourth-order valence-corrected chi connectivity index (χ4v) is 10.2. The SMILES string of the molecule is c1ccc(-c2cc(-c3ccccc3)nc(-n3c4ccccc4c4cc(-c5ccc6cc(-c7ccc8c9ccccc9n(-c9ccc%10oc%11ccncc%11c%10c9)c8c7)ccc6c5)ccc43)n2)cc1. The number of nitrogens with zero attached hydrogens (tertiary/aromatic N) is 5. The lowest BCUT2D eigenvalue weighted by Crippen LogP contribution is -2.03. The Morgan fingerprint density at radius 1 is 0.328 bits per heavy atom. The zero-order valence-electron chi connectivity index (χ0n) is 36.0. The Hall–Kier alpha value is -9.13. The van der Waals surface area contributed by atoms with Gasteiger partial charge in [-0.05, 0) is 106 Å². The minimum absolute atomic E-state index is 0.642. The molecule has 0 saturated heterocycles. The number of hydrogen-bond donors (Lipinski definition) is 0. The first-order chi connectivity index (χ1) is 33.2. The van der Waals surface area contributed by atoms with Gasteiger partial charge in [0.1, 0.15) is 11.2 Å². The van der Waals surface area contributed by atoms with Crippen LogP contribution >= 0.6 is 0 Å². The van der Waals surface area contributed by atoms with Crippen molar-refractivity contribution in [3.8, 4) is 56.4 Å². The molecule has 6 heteroatoms. The highest BCUT2D eigenvalue weighted by atomic mass is 16.3. The van der Waals surface area contributed by atoms with Crippen molar-refractivity contribution in [1.29, 1.82) is 0 Å². The minimum atomic E-state index is 0.642. The number of rotatable bonds is 6. The summed E-state index contributed by atoms with van der Waals surface area (Å²) in [7, 11) is 0. The molecule has 312 valence electrons. The van der Waals surface area contributed by atoms with Gasteiger partial charge in [-0.1, -0.05) is 140 Å². The fraction of sp³-hybridized carbons (Fsp3) is 0. The Kier molecular flexibility index (Phi) is 8.18. The van der Waals surface area contributed by atoms with E-state index in [-0.39, 0.29) is 0 Å². The lowest BCUT2D eigenvalue weighted by molar-refractivity contribution is 0.668. The number of fused-ring (bicyclic) bond motifs is 10. The van der Waals surface area contributed by atoms with Gasteiger partial charge in [0, 0.05) is 61.5 Å². The molecule has 0 amide bonds. The van der Waals surface area contributed by atoms with Crippen molar-refractivity contribution >= 4 is 76.3 Å². The quantitative estimate of drug-likeness (QED) is 0.167. The first-order valence-corrected chi connectivity index (χ1v) is 22.6. The largest absolute Gasteiger partial charge is 0.456 e. The first kappa shape index (κ1) is 37.3. The third-order valence-electron chi connectivity index (χ3n) is 13.4. The molecule has 0 aliphatic rings. The maximum absolute atomic E-state index is 6.17. The van der Waals surface area contributed by atoms with Gasteiger partial charge in [-0.3, -0.25) is 9.55 Å². The smallest absolute Gasteiger partial charge is 0.235 e. The summed E-state index contributed by atoms with van der Waals surface area (Å²) in [5.74, 6) is 0.642. The molecule has 0 atom stereocenters. The van der Waals surface area contributed by atoms with E-state index in [2.05, 4.69) is 208 Å². The Morgan fingerprint density at radius 2 is 0.881 bits per heavy atom. The molecule has 67 heavy (non-hydrogen) atoms. The number of furan rings is 1. The van der Waals surface area contributed by atoms with Crippen LogP contribution < -0.4 is 0 Å². The van der Waals surface area contributed by atoms with E-state index in [1.165, 1.54) is 27.1 Å². The second-order valence-electron chi connectivity index (χ2n) is 17.3. The molecule has 0 saturated carbocycles. The number of hydrogen-bond acceptors (Lipinski definition) is 4. The molecule has 5 heterocycles. The van der Waals surface area contributed by atoms with E-state index in [0.717, 1.165) is 99.7 Å². The van der Waals surface area contributed by atoms with Gasteiger partial charge in [-0.2, -0.15) is 0 Å². The highest BCUT2D eigenvalue weighted by Gasteiger charge is 2.19. The number of para-hydroxylation sites is 2. The highest BCUT2D eigenvalue weighted by molar-refractivity contribution is 6.12. The van der Waals surface area contributed by atoms with E-state index in [1.807, 2.05) is 24.4 Å². The molecule has 0 aliphatic carbocycles. The molecule has 0 radical (unpaired) electrons. The van der Waals surface area contributed by atoms with E-state index >= 15 is 0 Å². The van der Waals surface area contributed by atoms with Crippen molar-refractivity contribution in [3.05, 3.63) is 225 Å². The van der Waals surface area contributed by atoms with Crippen molar-refractivity contribution in [1.82, 2.24) is 24.1 Å². The van der Waals surface area contributed by atoms with Gasteiger partial charge in [0.15, 0.2) is 0 Å². The van der Waals surface area contributed by atoms with Gasteiger partial charge in [-0.15, -0.1) is 0 Å². The Morgan fingerprint density at radius 3 is 1.60 bits per heavy atom. The van der Waals surface area contributed by atoms with Gasteiger partial charge in [0.2, 0.25) is 5.95 Å². The molecular formula is C61H37N5O. The third kappa shape index (κ3) is 6.00. The van der Waals surface area contributed by atoms with E-state index in [0.29, 0.717) is 5.95 Å². The molecule has 0 unspecified atom stereocenters. The van der Waals surface area contributed by atoms with E-state index < -0.39 is 0 Å². The third-order valence-corrected chi connectivity index (χ3v) is 13.4. The summed E-state index contributed by atoms with van der Waals surface area (Å²) in [4.78, 5) is 14.8. The predicted molar refractivity (Wildman–Crippen MR) is 275 cm³/mol. The predicted octanol–water partition coefficient (Wildman–Crippen LogP) is 15.8. The summed E-state index contributed by atoms with van der Waals surface area (Å²) in [6.45, 7) is 0. The number of pyridine rings is 1. The molecule has 6 nitrogen and oxygen atoms in total. The highest BCUT2D eigenvalue weighted by Crippen LogP contribution is 2.40. The van der Waals surface area contributed by atoms with Crippen LogP contribution in [0.1, 0.15) is 0 Å². The molecule has 0 bridgehead atoms. The molecule has 0 spiro atoms. The van der Waals surface area contributed by atoms with Gasteiger partial charge in [0.25, 0.3) is 0 Å². The molecule has 14 rings (SSSR count). The van der Waals surface area contributed by atoms with Crippen LogP contribution in [0.2, 0.25) is 0 Å². The summed E-state index contributed by atoms with van der Waals surface area (Å²) in [5.41, 5.74) is 15.7. The van der Waals surface area contributed by atoms with E-state index in [9.17, 15) is 0 Å². The van der Waals surface area contributed by atoms with E-state index in [4.69, 9.17) is 14.4 Å². The molecular weight excluding hydrogens is 819 g/mol. The van der Waals surface area contributed by atoms with E-state index in [1.54, 1.807) is 6.20 Å². The topological polar surface area (TPSA) is 61.7 Å². The van der Waals surface area contributed by atoms with Crippen LogP contribution in [0, 0.1) is 0 Å². The average Bonchev–Trinajstić information content (AvgIpc) is 4.05. The van der Waals surface area contributed by atoms with Crippen LogP contribution in [0.25, 0.3) is 133 Å². The molecule has 14 aromatic rings. The lowest BCUT2D eigenvalue weighted by Gasteiger charge is -2.12. The normalized spacial score (nSPS) is 11.9. The van der Waals surface area contributed by atoms with Crippen molar-refractivity contribution < 1.29 is 4.42 Å². The fourth-order valence-electron chi connectivity index (χ4n) is 10.2. The number of aromatic nitrogens is 5. The summed E-state index contributed by atoms with van der Waals surface area (Å²) in [6.07, 6.45) is 3.66. The van der Waals surface area contributed by atoms with Crippen molar-refractivity contribution in [2.24, 2.45) is 0 Å². The van der Waals surface area contributed by atoms with Gasteiger partial charge in [0.05, 0.1) is 33.5 Å². The maximum Gasteiger partial charge on any atom is 0.235 e. The van der Waals surface area contributed by atoms with Crippen molar-refractivity contribution in [2.75, 3.05) is 0 Å².